The fourth-order valence-electron chi connectivity index (χ4n) is 1.56. The highest BCUT2D eigenvalue weighted by Crippen LogP contribution is 2.18. The Labute approximate surface area is 122 Å². The molecule has 0 radical (unpaired) electrons. The first-order valence-corrected chi connectivity index (χ1v) is 6.62. The average molecular weight is 300 g/mol. The number of halogens is 1. The molecule has 0 saturated carbocycles. The molecule has 0 aliphatic rings. The molecule has 1 atom stereocenters. The topological polar surface area (TPSA) is 83.4 Å². The molecule has 1 rings (SSSR count). The van der Waals surface area contributed by atoms with E-state index in [9.17, 15) is 9.59 Å². The third-order valence-electron chi connectivity index (χ3n) is 2.80. The van der Waals surface area contributed by atoms with Crippen LogP contribution < -0.4 is 0 Å². The Morgan fingerprint density at radius 3 is 2.50 bits per heavy atom. The molecule has 0 saturated heterocycles. The van der Waals surface area contributed by atoms with Gasteiger partial charge in [-0.3, -0.25) is 9.59 Å². The number of rotatable bonds is 5. The summed E-state index contributed by atoms with van der Waals surface area (Å²) in [5, 5.41) is 9.03. The predicted octanol–water partition coefficient (Wildman–Crippen LogP) is 2.05. The van der Waals surface area contributed by atoms with Gasteiger partial charge in [0.05, 0.1) is 17.1 Å². The molecule has 6 nitrogen and oxygen atoms in total. The molecule has 1 aromatic rings. The lowest BCUT2D eigenvalue weighted by Crippen LogP contribution is -2.34. The number of carbonyl (C=O) groups excluding carboxylic acids is 1. The van der Waals surface area contributed by atoms with Gasteiger partial charge in [0.25, 0.3) is 5.91 Å². The molecule has 7 heteroatoms. The lowest BCUT2D eigenvalue weighted by atomic mass is 10.1. The van der Waals surface area contributed by atoms with Gasteiger partial charge in [0.2, 0.25) is 0 Å². The Kier molecular flexibility index (Phi) is 5.44. The molecule has 110 valence electrons. The van der Waals surface area contributed by atoms with Crippen LogP contribution in [0, 0.1) is 5.92 Å². The van der Waals surface area contributed by atoms with Gasteiger partial charge in [0, 0.05) is 19.5 Å². The molecule has 1 aromatic heterocycles. The van der Waals surface area contributed by atoms with Crippen molar-refractivity contribution >= 4 is 23.5 Å². The highest BCUT2D eigenvalue weighted by atomic mass is 35.5. The summed E-state index contributed by atoms with van der Waals surface area (Å²) in [6, 6.07) is 0. The van der Waals surface area contributed by atoms with E-state index in [2.05, 4.69) is 9.97 Å². The van der Waals surface area contributed by atoms with Crippen molar-refractivity contribution in [3.63, 3.8) is 0 Å². The van der Waals surface area contributed by atoms with Crippen molar-refractivity contribution in [2.75, 3.05) is 13.6 Å². The second-order valence-electron chi connectivity index (χ2n) is 5.00. The first-order valence-electron chi connectivity index (χ1n) is 6.24. The number of carboxylic acids is 1. The van der Waals surface area contributed by atoms with E-state index >= 15 is 0 Å². The SMILES string of the molecule is CC(CN(C)C(=O)c1nc(C(C)C)ncc1Cl)C(=O)O. The standard InChI is InChI=1S/C13H18ClN3O3/c1-7(2)11-15-5-9(14)10(16-11)12(18)17(4)6-8(3)13(19)20/h5,7-8H,6H2,1-4H3,(H,19,20). The maximum atomic E-state index is 12.3. The van der Waals surface area contributed by atoms with E-state index in [4.69, 9.17) is 16.7 Å². The summed E-state index contributed by atoms with van der Waals surface area (Å²) in [6.07, 6.45) is 1.39. The fraction of sp³-hybridized carbons (Fsp3) is 0.538. The number of amides is 1. The highest BCUT2D eigenvalue weighted by Gasteiger charge is 2.22. The summed E-state index contributed by atoms with van der Waals surface area (Å²) in [4.78, 5) is 32.6. The summed E-state index contributed by atoms with van der Waals surface area (Å²) in [6.45, 7) is 5.44. The summed E-state index contributed by atoms with van der Waals surface area (Å²) in [7, 11) is 1.52. The Balaban J connectivity index is 2.96. The third kappa shape index (κ3) is 3.90. The van der Waals surface area contributed by atoms with E-state index in [0.717, 1.165) is 0 Å². The highest BCUT2D eigenvalue weighted by molar-refractivity contribution is 6.33. The quantitative estimate of drug-likeness (QED) is 0.899. The number of hydrogen-bond donors (Lipinski definition) is 1. The van der Waals surface area contributed by atoms with Crippen LogP contribution in [0.2, 0.25) is 5.02 Å². The minimum Gasteiger partial charge on any atom is -0.481 e. The Bertz CT molecular complexity index is 520. The smallest absolute Gasteiger partial charge is 0.308 e. The molecule has 0 bridgehead atoms. The molecule has 1 N–H and O–H groups in total. The zero-order valence-corrected chi connectivity index (χ0v) is 12.7. The van der Waals surface area contributed by atoms with Crippen LogP contribution in [0.15, 0.2) is 6.20 Å². The second kappa shape index (κ2) is 6.65. The molecule has 0 aliphatic heterocycles. The molecule has 1 heterocycles. The van der Waals surface area contributed by atoms with Crippen molar-refractivity contribution in [2.24, 2.45) is 5.92 Å². The largest absolute Gasteiger partial charge is 0.481 e. The number of nitrogens with zero attached hydrogens (tertiary/aromatic N) is 3. The molecule has 1 unspecified atom stereocenters. The van der Waals surface area contributed by atoms with Crippen LogP contribution >= 0.6 is 11.6 Å². The zero-order valence-electron chi connectivity index (χ0n) is 11.9. The van der Waals surface area contributed by atoms with Crippen LogP contribution in [-0.2, 0) is 4.79 Å². The lowest BCUT2D eigenvalue weighted by Gasteiger charge is -2.19. The van der Waals surface area contributed by atoms with Crippen molar-refractivity contribution in [3.8, 4) is 0 Å². The van der Waals surface area contributed by atoms with Crippen LogP contribution in [0.4, 0.5) is 0 Å². The minimum atomic E-state index is -0.957. The Hall–Kier alpha value is -1.69. The molecule has 0 aliphatic carbocycles. The van der Waals surface area contributed by atoms with E-state index in [0.29, 0.717) is 5.82 Å². The predicted molar refractivity (Wildman–Crippen MR) is 74.9 cm³/mol. The molecule has 1 amide bonds. The van der Waals surface area contributed by atoms with Gasteiger partial charge < -0.3 is 10.0 Å². The van der Waals surface area contributed by atoms with Gasteiger partial charge >= 0.3 is 5.97 Å². The molecular weight excluding hydrogens is 282 g/mol. The van der Waals surface area contributed by atoms with E-state index in [-0.39, 0.29) is 23.2 Å². The van der Waals surface area contributed by atoms with Gasteiger partial charge in [-0.1, -0.05) is 32.4 Å². The summed E-state index contributed by atoms with van der Waals surface area (Å²) in [5.74, 6) is -1.43. The summed E-state index contributed by atoms with van der Waals surface area (Å²) in [5.41, 5.74) is 0.102. The second-order valence-corrected chi connectivity index (χ2v) is 5.41. The van der Waals surface area contributed by atoms with Crippen molar-refractivity contribution in [3.05, 3.63) is 22.7 Å². The fourth-order valence-corrected chi connectivity index (χ4v) is 1.73. The number of aliphatic carboxylic acids is 1. The summed E-state index contributed by atoms with van der Waals surface area (Å²) < 4.78 is 0. The molecule has 0 fully saturated rings. The van der Waals surface area contributed by atoms with Crippen molar-refractivity contribution < 1.29 is 14.7 Å². The zero-order chi connectivity index (χ0) is 15.4. The Morgan fingerprint density at radius 1 is 1.40 bits per heavy atom. The first kappa shape index (κ1) is 16.4. The van der Waals surface area contributed by atoms with E-state index in [1.165, 1.54) is 25.1 Å². The van der Waals surface area contributed by atoms with Gasteiger partial charge in [-0.25, -0.2) is 9.97 Å². The van der Waals surface area contributed by atoms with Gasteiger partial charge in [-0.05, 0) is 0 Å². The maximum absolute atomic E-state index is 12.3. The Morgan fingerprint density at radius 2 is 2.00 bits per heavy atom. The number of carbonyl (C=O) groups is 2. The number of hydrogen-bond acceptors (Lipinski definition) is 4. The van der Waals surface area contributed by atoms with Crippen LogP contribution in [0.1, 0.15) is 43.0 Å². The van der Waals surface area contributed by atoms with E-state index < -0.39 is 17.8 Å². The van der Waals surface area contributed by atoms with Gasteiger partial charge in [0.15, 0.2) is 5.69 Å². The van der Waals surface area contributed by atoms with Crippen LogP contribution in [0.3, 0.4) is 0 Å². The number of aromatic nitrogens is 2. The summed E-state index contributed by atoms with van der Waals surface area (Å²) >= 11 is 5.95. The van der Waals surface area contributed by atoms with Crippen molar-refractivity contribution in [2.45, 2.75) is 26.7 Å². The number of carboxylic acid groups (broad SMARTS) is 1. The van der Waals surface area contributed by atoms with Gasteiger partial charge in [-0.15, -0.1) is 0 Å². The molecule has 0 spiro atoms. The minimum absolute atomic E-state index is 0.0714. The maximum Gasteiger partial charge on any atom is 0.308 e. The van der Waals surface area contributed by atoms with E-state index in [1.807, 2.05) is 13.8 Å². The van der Waals surface area contributed by atoms with E-state index in [1.54, 1.807) is 0 Å². The third-order valence-corrected chi connectivity index (χ3v) is 3.07. The molecule has 20 heavy (non-hydrogen) atoms. The monoisotopic (exact) mass is 299 g/mol. The first-order chi connectivity index (χ1) is 9.23. The van der Waals surface area contributed by atoms with Crippen LogP contribution in [-0.4, -0.2) is 45.4 Å². The normalized spacial score (nSPS) is 12.3. The van der Waals surface area contributed by atoms with Gasteiger partial charge in [0.1, 0.15) is 5.82 Å². The molecule has 0 aromatic carbocycles. The lowest BCUT2D eigenvalue weighted by molar-refractivity contribution is -0.141. The van der Waals surface area contributed by atoms with Crippen LogP contribution in [0.25, 0.3) is 0 Å². The van der Waals surface area contributed by atoms with Gasteiger partial charge in [-0.2, -0.15) is 0 Å². The van der Waals surface area contributed by atoms with Crippen molar-refractivity contribution in [1.82, 2.24) is 14.9 Å². The van der Waals surface area contributed by atoms with Crippen LogP contribution in [0.5, 0.6) is 0 Å². The van der Waals surface area contributed by atoms with Crippen molar-refractivity contribution in [1.29, 1.82) is 0 Å². The average Bonchev–Trinajstić information content (AvgIpc) is 2.37. The molecular formula is C13H18ClN3O3.